The number of halogens is 1. The van der Waals surface area contributed by atoms with Crippen molar-refractivity contribution in [1.29, 1.82) is 0 Å². The van der Waals surface area contributed by atoms with E-state index in [1.165, 1.54) is 15.9 Å². The molecule has 2 aliphatic carbocycles. The van der Waals surface area contributed by atoms with Crippen molar-refractivity contribution in [3.05, 3.63) is 47.3 Å². The number of ether oxygens (including phenoxy) is 2. The van der Waals surface area contributed by atoms with Crippen molar-refractivity contribution >= 4 is 39.9 Å². The smallest absolute Gasteiger partial charge is 0.410 e. The molecule has 5 aliphatic rings. The van der Waals surface area contributed by atoms with Gasteiger partial charge in [0.2, 0.25) is 21.8 Å². The van der Waals surface area contributed by atoms with Gasteiger partial charge >= 0.3 is 12.2 Å². The summed E-state index contributed by atoms with van der Waals surface area (Å²) in [5, 5.41) is 5.62. The molecule has 2 saturated carbocycles. The number of nitrogens with zero attached hydrogens (tertiary/aromatic N) is 2. The number of allylic oxidation sites excluding steroid dienone is 1. The Labute approximate surface area is 322 Å². The van der Waals surface area contributed by atoms with E-state index in [1.54, 1.807) is 39.8 Å². The predicted molar refractivity (Wildman–Crippen MR) is 199 cm³/mol. The van der Waals surface area contributed by atoms with Crippen LogP contribution >= 0.6 is 0 Å². The fraction of sp³-hybridized carbons (Fsp3) is 0.667. The highest BCUT2D eigenvalue weighted by Crippen LogP contribution is 2.47. The highest BCUT2D eigenvalue weighted by atomic mass is 32.2. The third-order valence-corrected chi connectivity index (χ3v) is 13.9. The Morgan fingerprint density at radius 3 is 2.49 bits per heavy atom. The number of hydrogen-bond acceptors (Lipinski definition) is 9. The van der Waals surface area contributed by atoms with E-state index in [9.17, 15) is 36.8 Å². The lowest BCUT2D eigenvalue weighted by atomic mass is 9.85. The molecule has 3 aliphatic heterocycles. The van der Waals surface area contributed by atoms with Crippen LogP contribution in [0.2, 0.25) is 0 Å². The number of rotatable bonds is 6. The van der Waals surface area contributed by atoms with Crippen molar-refractivity contribution in [2.24, 2.45) is 17.8 Å². The summed E-state index contributed by atoms with van der Waals surface area (Å²) < 4.78 is 53.4. The fourth-order valence-corrected chi connectivity index (χ4v) is 9.29. The van der Waals surface area contributed by atoms with Gasteiger partial charge in [-0.1, -0.05) is 44.6 Å². The van der Waals surface area contributed by atoms with Crippen LogP contribution in [0.25, 0.3) is 0 Å². The van der Waals surface area contributed by atoms with Crippen molar-refractivity contribution in [3.63, 3.8) is 0 Å². The minimum Gasteiger partial charge on any atom is -0.444 e. The first-order chi connectivity index (χ1) is 25.8. The van der Waals surface area contributed by atoms with Gasteiger partial charge in [0.15, 0.2) is 0 Å². The predicted octanol–water partition coefficient (Wildman–Crippen LogP) is 4.42. The van der Waals surface area contributed by atoms with Gasteiger partial charge in [-0.05, 0) is 89.7 Å². The summed E-state index contributed by atoms with van der Waals surface area (Å²) >= 11 is 0. The van der Waals surface area contributed by atoms with Crippen LogP contribution in [0.15, 0.2) is 30.4 Å². The maximum Gasteiger partial charge on any atom is 0.410 e. The largest absolute Gasteiger partial charge is 0.444 e. The molecular formula is C39H54FN5O9S. The van der Waals surface area contributed by atoms with Crippen molar-refractivity contribution in [1.82, 2.24) is 25.2 Å². The molecule has 0 spiro atoms. The number of alkyl carbamates (subject to hydrolysis) is 1. The molecule has 1 aromatic carbocycles. The molecule has 0 radical (unpaired) electrons. The van der Waals surface area contributed by atoms with Gasteiger partial charge in [0.1, 0.15) is 35.1 Å². The maximum absolute atomic E-state index is 14.8. The lowest BCUT2D eigenvalue weighted by molar-refractivity contribution is -0.142. The lowest BCUT2D eigenvalue weighted by Crippen LogP contribution is -2.59. The minimum absolute atomic E-state index is 0.00709. The Morgan fingerprint density at radius 2 is 1.84 bits per heavy atom. The highest BCUT2D eigenvalue weighted by molar-refractivity contribution is 7.91. The SMILES string of the molecule is CC[C@@H]1C[C@@H](C)CC/C=C\[C@@H]2C[C@@]2(C(=O)NS(=O)(=O)C2(C)CC2)NC(=O)[C@@H]2C[C@@H](OC(=O)N3Cc4cccc(F)c4C3)CN2C(=O)[C@H]1NC(=O)OC(C)(C)C. The zero-order valence-corrected chi connectivity index (χ0v) is 33.3. The molecule has 1 aromatic rings. The number of carbonyl (C=O) groups excluding carboxylic acids is 5. The molecule has 0 unspecified atom stereocenters. The number of hydrogen-bond donors (Lipinski definition) is 3. The van der Waals surface area contributed by atoms with Gasteiger partial charge in [0.05, 0.1) is 17.8 Å². The average molecular weight is 788 g/mol. The number of benzene rings is 1. The van der Waals surface area contributed by atoms with Crippen LogP contribution < -0.4 is 15.4 Å². The summed E-state index contributed by atoms with van der Waals surface area (Å²) in [6.07, 6.45) is 4.53. The Morgan fingerprint density at radius 1 is 1.11 bits per heavy atom. The second-order valence-corrected chi connectivity index (χ2v) is 19.5. The summed E-state index contributed by atoms with van der Waals surface area (Å²) in [6.45, 7) is 10.6. The standard InChI is InChI=1S/C39H54FN5O9S/c1-7-24-17-23(2)11-8-9-13-26-19-39(26,34(48)43-55(51,52)38(6)15-16-38)42-32(46)30-18-27(21-45(30)33(47)31(24)41-35(49)54-37(3,4)5)53-36(50)44-20-25-12-10-14-29(40)28(25)22-44/h9-10,12-14,23-24,26-27,30-31H,7-8,11,15-22H2,1-6H3,(H,41,49)(H,42,46)(H,43,48)/b13-9-/t23-,24+,26+,27+,30-,31-,39+/m0/s1. The van der Waals surface area contributed by atoms with E-state index >= 15 is 0 Å². The summed E-state index contributed by atoms with van der Waals surface area (Å²) in [7, 11) is -4.03. The Hall–Kier alpha value is -4.21. The third-order valence-electron chi connectivity index (χ3n) is 11.7. The summed E-state index contributed by atoms with van der Waals surface area (Å²) in [6, 6.07) is 2.25. The molecule has 1 saturated heterocycles. The first-order valence-corrected chi connectivity index (χ1v) is 20.8. The van der Waals surface area contributed by atoms with Gasteiger partial charge in [-0.3, -0.25) is 24.0 Å². The number of nitrogens with one attached hydrogen (secondary N) is 3. The Kier molecular flexibility index (Phi) is 11.1. The van der Waals surface area contributed by atoms with E-state index in [0.29, 0.717) is 43.2 Å². The Balaban J connectivity index is 1.31. The van der Waals surface area contributed by atoms with Gasteiger partial charge in [0, 0.05) is 24.4 Å². The molecule has 14 nitrogen and oxygen atoms in total. The number of fused-ring (bicyclic) bond motifs is 3. The van der Waals surface area contributed by atoms with Crippen LogP contribution in [-0.2, 0) is 47.0 Å². The second kappa shape index (κ2) is 15.0. The number of sulfonamides is 1. The zero-order chi connectivity index (χ0) is 40.1. The van der Waals surface area contributed by atoms with Gasteiger partial charge in [-0.2, -0.15) is 0 Å². The molecule has 3 N–H and O–H groups in total. The third kappa shape index (κ3) is 8.63. The van der Waals surface area contributed by atoms with Crippen LogP contribution in [0.5, 0.6) is 0 Å². The highest BCUT2D eigenvalue weighted by Gasteiger charge is 2.63. The van der Waals surface area contributed by atoms with E-state index in [0.717, 1.165) is 6.42 Å². The van der Waals surface area contributed by atoms with Crippen LogP contribution in [0.3, 0.4) is 0 Å². The molecule has 16 heteroatoms. The summed E-state index contributed by atoms with van der Waals surface area (Å²) in [5.41, 5.74) is -1.41. The average Bonchev–Trinajstić information content (AvgIpc) is 3.89. The first-order valence-electron chi connectivity index (χ1n) is 19.3. The van der Waals surface area contributed by atoms with Crippen LogP contribution in [0.1, 0.15) is 104 Å². The van der Waals surface area contributed by atoms with Crippen molar-refractivity contribution < 1.29 is 46.3 Å². The molecule has 0 aromatic heterocycles. The molecule has 302 valence electrons. The van der Waals surface area contributed by atoms with Crippen LogP contribution in [-0.4, -0.2) is 88.7 Å². The molecule has 7 atom stereocenters. The zero-order valence-electron chi connectivity index (χ0n) is 32.5. The van der Waals surface area contributed by atoms with Crippen LogP contribution in [0.4, 0.5) is 14.0 Å². The fourth-order valence-electron chi connectivity index (χ4n) is 7.98. The van der Waals surface area contributed by atoms with Gasteiger partial charge < -0.3 is 25.0 Å². The van der Waals surface area contributed by atoms with Crippen molar-refractivity contribution in [2.75, 3.05) is 6.54 Å². The summed E-state index contributed by atoms with van der Waals surface area (Å²) in [4.78, 5) is 72.4. The topological polar surface area (TPSA) is 181 Å². The number of amides is 5. The molecular weight excluding hydrogens is 734 g/mol. The van der Waals surface area contributed by atoms with Gasteiger partial charge in [0.25, 0.3) is 5.91 Å². The van der Waals surface area contributed by atoms with E-state index in [4.69, 9.17) is 9.47 Å². The molecule has 55 heavy (non-hydrogen) atoms. The van der Waals surface area contributed by atoms with E-state index < -0.39 is 85.7 Å². The monoisotopic (exact) mass is 787 g/mol. The second-order valence-electron chi connectivity index (χ2n) is 17.3. The summed E-state index contributed by atoms with van der Waals surface area (Å²) in [5.74, 6) is -3.33. The first kappa shape index (κ1) is 40.5. The maximum atomic E-state index is 14.8. The van der Waals surface area contributed by atoms with Gasteiger partial charge in [-0.15, -0.1) is 0 Å². The molecule has 3 fully saturated rings. The lowest BCUT2D eigenvalue weighted by Gasteiger charge is -2.34. The minimum atomic E-state index is -4.03. The number of carbonyl (C=O) groups is 5. The molecule has 3 heterocycles. The normalized spacial score (nSPS) is 31.0. The van der Waals surface area contributed by atoms with Gasteiger partial charge in [-0.25, -0.2) is 22.4 Å². The van der Waals surface area contributed by atoms with E-state index in [2.05, 4.69) is 22.3 Å². The Bertz CT molecular complexity index is 1860. The van der Waals surface area contributed by atoms with E-state index in [-0.39, 0.29) is 44.3 Å². The van der Waals surface area contributed by atoms with Crippen molar-refractivity contribution in [2.45, 2.75) is 140 Å². The quantitative estimate of drug-likeness (QED) is 0.352. The van der Waals surface area contributed by atoms with Crippen molar-refractivity contribution in [3.8, 4) is 0 Å². The van der Waals surface area contributed by atoms with Crippen LogP contribution in [0, 0.1) is 23.6 Å². The molecule has 6 rings (SSSR count). The molecule has 5 amide bonds. The molecule has 0 bridgehead atoms. The van der Waals surface area contributed by atoms with E-state index in [1.807, 2.05) is 19.1 Å².